The highest BCUT2D eigenvalue weighted by Gasteiger charge is 2.33. The molecule has 0 radical (unpaired) electrons. The van der Waals surface area contributed by atoms with Gasteiger partial charge >= 0.3 is 5.97 Å². The molecule has 6 nitrogen and oxygen atoms in total. The molecule has 148 valence electrons. The molecule has 1 atom stereocenters. The van der Waals surface area contributed by atoms with Gasteiger partial charge in [-0.05, 0) is 47.5 Å². The Kier molecular flexibility index (Phi) is 5.38. The van der Waals surface area contributed by atoms with Crippen molar-refractivity contribution >= 4 is 39.3 Å². The maximum Gasteiger partial charge on any atom is 0.338 e. The zero-order chi connectivity index (χ0) is 20.5. The monoisotopic (exact) mass is 472 g/mol. The van der Waals surface area contributed by atoms with Crippen LogP contribution in [0.3, 0.4) is 0 Å². The van der Waals surface area contributed by atoms with Gasteiger partial charge in [-0.3, -0.25) is 9.36 Å². The van der Waals surface area contributed by atoms with Crippen molar-refractivity contribution in [3.05, 3.63) is 89.4 Å². The summed E-state index contributed by atoms with van der Waals surface area (Å²) in [5.74, 6) is 0.0894. The van der Waals surface area contributed by atoms with E-state index in [9.17, 15) is 9.59 Å². The predicted octanol–water partition coefficient (Wildman–Crippen LogP) is 3.15. The van der Waals surface area contributed by atoms with Gasteiger partial charge in [-0.1, -0.05) is 41.7 Å². The summed E-state index contributed by atoms with van der Waals surface area (Å²) >= 11 is 4.53. The number of aromatic nitrogens is 1. The van der Waals surface area contributed by atoms with E-state index < -0.39 is 12.0 Å². The number of thiazole rings is 1. The van der Waals surface area contributed by atoms with E-state index in [1.54, 1.807) is 36.6 Å². The van der Waals surface area contributed by atoms with Crippen LogP contribution in [0.25, 0.3) is 6.08 Å². The van der Waals surface area contributed by atoms with Crippen LogP contribution in [0.5, 0.6) is 0 Å². The molecule has 4 rings (SSSR count). The van der Waals surface area contributed by atoms with Gasteiger partial charge in [-0.15, -0.1) is 0 Å². The molecule has 0 spiro atoms. The highest BCUT2D eigenvalue weighted by molar-refractivity contribution is 9.10. The summed E-state index contributed by atoms with van der Waals surface area (Å²) in [7, 11) is 0. The molecule has 3 aromatic rings. The molecular formula is C21H17BrN2O4S. The number of furan rings is 1. The summed E-state index contributed by atoms with van der Waals surface area (Å²) in [5.41, 5.74) is 1.51. The van der Waals surface area contributed by atoms with Crippen LogP contribution in [-0.4, -0.2) is 17.1 Å². The number of esters is 1. The molecule has 0 aliphatic carbocycles. The fourth-order valence-electron chi connectivity index (χ4n) is 3.28. The fourth-order valence-corrected chi connectivity index (χ4v) is 4.62. The number of rotatable bonds is 4. The second-order valence-electron chi connectivity index (χ2n) is 6.35. The topological polar surface area (TPSA) is 73.8 Å². The number of ether oxygens (including phenoxy) is 1. The summed E-state index contributed by atoms with van der Waals surface area (Å²) < 4.78 is 13.4. The molecule has 1 aromatic carbocycles. The number of carbonyl (C=O) groups is 1. The van der Waals surface area contributed by atoms with E-state index in [0.29, 0.717) is 31.0 Å². The minimum absolute atomic E-state index is 0.232. The Labute approximate surface area is 178 Å². The van der Waals surface area contributed by atoms with Gasteiger partial charge in [0.1, 0.15) is 5.76 Å². The first-order chi connectivity index (χ1) is 14.0. The quantitative estimate of drug-likeness (QED) is 0.546. The van der Waals surface area contributed by atoms with E-state index in [1.165, 1.54) is 11.3 Å². The van der Waals surface area contributed by atoms with Gasteiger partial charge < -0.3 is 9.15 Å². The van der Waals surface area contributed by atoms with E-state index >= 15 is 0 Å². The number of carbonyl (C=O) groups excluding carboxylic acids is 1. The highest BCUT2D eigenvalue weighted by atomic mass is 79.9. The van der Waals surface area contributed by atoms with Crippen molar-refractivity contribution in [3.63, 3.8) is 0 Å². The van der Waals surface area contributed by atoms with Crippen LogP contribution in [0.4, 0.5) is 0 Å². The van der Waals surface area contributed by atoms with Gasteiger partial charge in [-0.2, -0.15) is 0 Å². The molecule has 29 heavy (non-hydrogen) atoms. The van der Waals surface area contributed by atoms with Crippen molar-refractivity contribution in [2.75, 3.05) is 6.61 Å². The second-order valence-corrected chi connectivity index (χ2v) is 8.15. The van der Waals surface area contributed by atoms with Crippen molar-refractivity contribution in [2.24, 2.45) is 4.99 Å². The number of hydrogen-bond acceptors (Lipinski definition) is 6. The lowest BCUT2D eigenvalue weighted by atomic mass is 9.96. The van der Waals surface area contributed by atoms with Crippen molar-refractivity contribution in [1.82, 2.24) is 4.57 Å². The van der Waals surface area contributed by atoms with E-state index in [1.807, 2.05) is 30.3 Å². The fraction of sp³-hybridized carbons (Fsp3) is 0.190. The number of fused-ring (bicyclic) bond motifs is 1. The number of hydrogen-bond donors (Lipinski definition) is 0. The van der Waals surface area contributed by atoms with Gasteiger partial charge in [0.05, 0.1) is 28.5 Å². The Morgan fingerprint density at radius 2 is 2.07 bits per heavy atom. The van der Waals surface area contributed by atoms with Crippen LogP contribution >= 0.6 is 27.3 Å². The van der Waals surface area contributed by atoms with E-state index in [-0.39, 0.29) is 12.2 Å². The summed E-state index contributed by atoms with van der Waals surface area (Å²) in [6, 6.07) is 12.4. The maximum atomic E-state index is 13.3. The number of benzene rings is 1. The molecule has 8 heteroatoms. The average molecular weight is 473 g/mol. The lowest BCUT2D eigenvalue weighted by Gasteiger charge is -2.24. The first kappa shape index (κ1) is 19.6. The number of halogens is 1. The molecular weight excluding hydrogens is 456 g/mol. The Morgan fingerprint density at radius 1 is 1.31 bits per heavy atom. The standard InChI is InChI=1S/C21H17BrN2O4S/c1-3-27-20(26)17-12(2)23-21-24(18(17)13-7-5-4-6-8-13)19(25)15(29-21)11-14-9-10-16(22)28-14/h4-11,18H,3H2,1-2H3/b15-11-/t18-/m0/s1. The molecule has 0 bridgehead atoms. The molecule has 0 unspecified atom stereocenters. The van der Waals surface area contributed by atoms with Gasteiger partial charge in [0.2, 0.25) is 0 Å². The molecule has 1 aliphatic rings. The number of allylic oxidation sites excluding steroid dienone is 1. The Hall–Kier alpha value is -2.71. The van der Waals surface area contributed by atoms with Gasteiger partial charge in [0.25, 0.3) is 5.56 Å². The van der Waals surface area contributed by atoms with Crippen molar-refractivity contribution in [3.8, 4) is 0 Å². The lowest BCUT2D eigenvalue weighted by Crippen LogP contribution is -2.39. The summed E-state index contributed by atoms with van der Waals surface area (Å²) in [6.07, 6.45) is 1.68. The molecule has 0 fully saturated rings. The zero-order valence-corrected chi connectivity index (χ0v) is 18.1. The van der Waals surface area contributed by atoms with Crippen LogP contribution in [-0.2, 0) is 9.53 Å². The Morgan fingerprint density at radius 3 is 2.72 bits per heavy atom. The van der Waals surface area contributed by atoms with Gasteiger partial charge in [-0.25, -0.2) is 9.79 Å². The third-order valence-electron chi connectivity index (χ3n) is 4.50. The van der Waals surface area contributed by atoms with E-state index in [2.05, 4.69) is 20.9 Å². The molecule has 1 aliphatic heterocycles. The van der Waals surface area contributed by atoms with Gasteiger partial charge in [0.15, 0.2) is 9.47 Å². The smallest absolute Gasteiger partial charge is 0.338 e. The SMILES string of the molecule is CCOC(=O)C1=C(C)N=c2s/c(=C\c3ccc(Br)o3)c(=O)n2[C@H]1c1ccccc1. The van der Waals surface area contributed by atoms with Crippen LogP contribution in [0.1, 0.15) is 31.2 Å². The Bertz CT molecular complexity index is 1280. The van der Waals surface area contributed by atoms with Gasteiger partial charge in [0, 0.05) is 6.08 Å². The van der Waals surface area contributed by atoms with E-state index in [0.717, 1.165) is 5.56 Å². The zero-order valence-electron chi connectivity index (χ0n) is 15.7. The number of nitrogens with zero attached hydrogens (tertiary/aromatic N) is 2. The molecule has 0 N–H and O–H groups in total. The molecule has 0 saturated carbocycles. The third-order valence-corrected chi connectivity index (χ3v) is 5.91. The first-order valence-electron chi connectivity index (χ1n) is 8.99. The van der Waals surface area contributed by atoms with Crippen LogP contribution < -0.4 is 14.9 Å². The summed E-state index contributed by atoms with van der Waals surface area (Å²) in [6.45, 7) is 3.76. The minimum Gasteiger partial charge on any atom is -0.463 e. The summed E-state index contributed by atoms with van der Waals surface area (Å²) in [5, 5.41) is 0. The molecule has 2 aromatic heterocycles. The summed E-state index contributed by atoms with van der Waals surface area (Å²) in [4.78, 5) is 31.1. The average Bonchev–Trinajstić information content (AvgIpc) is 3.24. The first-order valence-corrected chi connectivity index (χ1v) is 10.6. The minimum atomic E-state index is -0.600. The van der Waals surface area contributed by atoms with Crippen molar-refractivity contribution < 1.29 is 13.9 Å². The van der Waals surface area contributed by atoms with Crippen molar-refractivity contribution in [1.29, 1.82) is 0 Å². The maximum absolute atomic E-state index is 13.3. The normalized spacial score (nSPS) is 16.5. The molecule has 0 amide bonds. The third kappa shape index (κ3) is 3.65. The molecule has 3 heterocycles. The molecule has 0 saturated heterocycles. The second kappa shape index (κ2) is 7.96. The van der Waals surface area contributed by atoms with Crippen LogP contribution in [0, 0.1) is 0 Å². The van der Waals surface area contributed by atoms with E-state index in [4.69, 9.17) is 9.15 Å². The highest BCUT2D eigenvalue weighted by Crippen LogP contribution is 2.30. The largest absolute Gasteiger partial charge is 0.463 e. The predicted molar refractivity (Wildman–Crippen MR) is 113 cm³/mol. The lowest BCUT2D eigenvalue weighted by molar-refractivity contribution is -0.139. The van der Waals surface area contributed by atoms with Crippen molar-refractivity contribution in [2.45, 2.75) is 19.9 Å². The Balaban J connectivity index is 1.96. The van der Waals surface area contributed by atoms with Crippen LogP contribution in [0.2, 0.25) is 0 Å². The van der Waals surface area contributed by atoms with Crippen LogP contribution in [0.15, 0.2) is 72.6 Å².